The molecule has 0 fully saturated rings. The molecule has 0 amide bonds. The summed E-state index contributed by atoms with van der Waals surface area (Å²) in [5.41, 5.74) is 6.00. The van der Waals surface area contributed by atoms with Gasteiger partial charge in [0.1, 0.15) is 5.03 Å². The van der Waals surface area contributed by atoms with Crippen molar-refractivity contribution in [3.05, 3.63) is 22.8 Å². The molecule has 1 aromatic rings. The number of amidine groups is 1. The van der Waals surface area contributed by atoms with Crippen LogP contribution < -0.4 is 5.73 Å². The van der Waals surface area contributed by atoms with Crippen LogP contribution in [-0.4, -0.2) is 21.8 Å². The molecular weight excluding hydrogens is 246 g/mol. The fourth-order valence-electron chi connectivity index (χ4n) is 1.02. The average molecular weight is 260 g/mol. The summed E-state index contributed by atoms with van der Waals surface area (Å²) in [5, 5.41) is 12.7. The summed E-state index contributed by atoms with van der Waals surface area (Å²) >= 11 is 7.67. The second-order valence-corrected chi connectivity index (χ2v) is 5.05. The molecule has 0 saturated heterocycles. The van der Waals surface area contributed by atoms with Gasteiger partial charge in [-0.15, -0.1) is 11.8 Å². The molecular formula is C10H14ClN3OS. The van der Waals surface area contributed by atoms with Crippen molar-refractivity contribution in [2.24, 2.45) is 16.8 Å². The van der Waals surface area contributed by atoms with Crippen LogP contribution in [0.3, 0.4) is 0 Å². The second kappa shape index (κ2) is 5.96. The lowest BCUT2D eigenvalue weighted by Crippen LogP contribution is -2.14. The lowest BCUT2D eigenvalue weighted by atomic mass is 10.2. The van der Waals surface area contributed by atoms with E-state index in [2.05, 4.69) is 24.0 Å². The Kier molecular flexibility index (Phi) is 4.89. The zero-order valence-electron chi connectivity index (χ0n) is 9.14. The Bertz CT molecular complexity index is 396. The fraction of sp³-hybridized carbons (Fsp3) is 0.400. The summed E-state index contributed by atoms with van der Waals surface area (Å²) in [7, 11) is 0. The van der Waals surface area contributed by atoms with E-state index in [9.17, 15) is 0 Å². The molecule has 1 heterocycles. The highest BCUT2D eigenvalue weighted by molar-refractivity contribution is 7.99. The van der Waals surface area contributed by atoms with Crippen molar-refractivity contribution >= 4 is 29.2 Å². The smallest absolute Gasteiger partial charge is 0.171 e. The van der Waals surface area contributed by atoms with E-state index < -0.39 is 0 Å². The third-order valence-corrected chi connectivity index (χ3v) is 3.71. The van der Waals surface area contributed by atoms with Crippen LogP contribution in [0, 0.1) is 5.92 Å². The number of aromatic nitrogens is 1. The molecule has 0 aliphatic carbocycles. The third-order valence-electron chi connectivity index (χ3n) is 1.79. The van der Waals surface area contributed by atoms with Gasteiger partial charge in [0.25, 0.3) is 0 Å². The van der Waals surface area contributed by atoms with Crippen LogP contribution in [0.4, 0.5) is 0 Å². The largest absolute Gasteiger partial charge is 0.409 e. The summed E-state index contributed by atoms with van der Waals surface area (Å²) in [6, 6.07) is 1.62. The molecule has 3 N–H and O–H groups in total. The maximum Gasteiger partial charge on any atom is 0.171 e. The number of hydrogen-bond acceptors (Lipinski definition) is 4. The van der Waals surface area contributed by atoms with E-state index in [0.29, 0.717) is 21.5 Å². The molecule has 0 aromatic carbocycles. The standard InChI is InChI=1S/C10H14ClN3OS/c1-6(2)5-16-10-8(11)7(3-4-13-10)9(12)14-15/h3-4,6,15H,5H2,1-2H3,(H2,12,14). The highest BCUT2D eigenvalue weighted by Gasteiger charge is 2.11. The van der Waals surface area contributed by atoms with Gasteiger partial charge in [-0.2, -0.15) is 0 Å². The van der Waals surface area contributed by atoms with Crippen molar-refractivity contribution in [3.63, 3.8) is 0 Å². The summed E-state index contributed by atoms with van der Waals surface area (Å²) in [6.45, 7) is 4.24. The maximum absolute atomic E-state index is 8.60. The van der Waals surface area contributed by atoms with Crippen molar-refractivity contribution in [1.29, 1.82) is 0 Å². The number of oxime groups is 1. The molecule has 16 heavy (non-hydrogen) atoms. The Morgan fingerprint density at radius 2 is 2.38 bits per heavy atom. The van der Waals surface area contributed by atoms with E-state index in [1.54, 1.807) is 24.0 Å². The molecule has 0 bridgehead atoms. The molecule has 0 spiro atoms. The monoisotopic (exact) mass is 259 g/mol. The average Bonchev–Trinajstić information content (AvgIpc) is 2.26. The minimum Gasteiger partial charge on any atom is -0.409 e. The van der Waals surface area contributed by atoms with Crippen molar-refractivity contribution in [2.75, 3.05) is 5.75 Å². The Hall–Kier alpha value is -0.940. The van der Waals surface area contributed by atoms with Crippen molar-refractivity contribution in [3.8, 4) is 0 Å². The van der Waals surface area contributed by atoms with Gasteiger partial charge in [-0.05, 0) is 12.0 Å². The highest BCUT2D eigenvalue weighted by Crippen LogP contribution is 2.28. The topological polar surface area (TPSA) is 71.5 Å². The van der Waals surface area contributed by atoms with Crippen molar-refractivity contribution < 1.29 is 5.21 Å². The summed E-state index contributed by atoms with van der Waals surface area (Å²) in [4.78, 5) is 4.17. The van der Waals surface area contributed by atoms with E-state index in [1.807, 2.05) is 0 Å². The fourth-order valence-corrected chi connectivity index (χ4v) is 2.26. The third kappa shape index (κ3) is 3.28. The van der Waals surface area contributed by atoms with Gasteiger partial charge in [0.2, 0.25) is 0 Å². The van der Waals surface area contributed by atoms with Gasteiger partial charge >= 0.3 is 0 Å². The molecule has 0 atom stereocenters. The first-order valence-electron chi connectivity index (χ1n) is 4.81. The summed E-state index contributed by atoms with van der Waals surface area (Å²) in [5.74, 6) is 1.47. The predicted molar refractivity (Wildman–Crippen MR) is 67.3 cm³/mol. The zero-order valence-corrected chi connectivity index (χ0v) is 10.7. The minimum absolute atomic E-state index is 0.00111. The predicted octanol–water partition coefficient (Wildman–Crippen LogP) is 2.58. The normalized spacial score (nSPS) is 12.1. The molecule has 0 aliphatic heterocycles. The van der Waals surface area contributed by atoms with E-state index in [4.69, 9.17) is 22.5 Å². The summed E-state index contributed by atoms with van der Waals surface area (Å²) in [6.07, 6.45) is 1.60. The zero-order chi connectivity index (χ0) is 12.1. The van der Waals surface area contributed by atoms with Gasteiger partial charge < -0.3 is 10.9 Å². The van der Waals surface area contributed by atoms with E-state index in [-0.39, 0.29) is 5.84 Å². The van der Waals surface area contributed by atoms with Gasteiger partial charge in [0, 0.05) is 17.5 Å². The van der Waals surface area contributed by atoms with Gasteiger partial charge in [-0.1, -0.05) is 30.6 Å². The Morgan fingerprint density at radius 3 is 2.94 bits per heavy atom. The maximum atomic E-state index is 8.60. The number of nitrogens with two attached hydrogens (primary N) is 1. The van der Waals surface area contributed by atoms with E-state index in [0.717, 1.165) is 5.75 Å². The lowest BCUT2D eigenvalue weighted by molar-refractivity contribution is 0.318. The number of nitrogens with zero attached hydrogens (tertiary/aromatic N) is 2. The first kappa shape index (κ1) is 13.1. The van der Waals surface area contributed by atoms with Gasteiger partial charge in [0.05, 0.1) is 5.02 Å². The minimum atomic E-state index is -0.00111. The quantitative estimate of drug-likeness (QED) is 0.287. The Labute approximate surface area is 104 Å². The van der Waals surface area contributed by atoms with E-state index in [1.165, 1.54) is 0 Å². The van der Waals surface area contributed by atoms with Crippen LogP contribution in [0.15, 0.2) is 22.4 Å². The van der Waals surface area contributed by atoms with Crippen LogP contribution >= 0.6 is 23.4 Å². The molecule has 0 radical (unpaired) electrons. The SMILES string of the molecule is CC(C)CSc1nccc(/C(N)=N/O)c1Cl. The first-order valence-corrected chi connectivity index (χ1v) is 6.17. The molecule has 0 aliphatic rings. The molecule has 0 unspecified atom stereocenters. The van der Waals surface area contributed by atoms with Crippen LogP contribution in [0.1, 0.15) is 19.4 Å². The van der Waals surface area contributed by atoms with Gasteiger partial charge in [0.15, 0.2) is 5.84 Å². The molecule has 1 aromatic heterocycles. The Morgan fingerprint density at radius 1 is 1.69 bits per heavy atom. The highest BCUT2D eigenvalue weighted by atomic mass is 35.5. The molecule has 6 heteroatoms. The lowest BCUT2D eigenvalue weighted by Gasteiger charge is -2.08. The number of rotatable bonds is 4. The number of hydrogen-bond donors (Lipinski definition) is 2. The van der Waals surface area contributed by atoms with E-state index >= 15 is 0 Å². The number of thioether (sulfide) groups is 1. The van der Waals surface area contributed by atoms with Gasteiger partial charge in [-0.25, -0.2) is 4.98 Å². The van der Waals surface area contributed by atoms with Crippen LogP contribution in [-0.2, 0) is 0 Å². The van der Waals surface area contributed by atoms with Crippen LogP contribution in [0.25, 0.3) is 0 Å². The molecule has 88 valence electrons. The van der Waals surface area contributed by atoms with Gasteiger partial charge in [-0.3, -0.25) is 0 Å². The molecule has 1 rings (SSSR count). The Balaban J connectivity index is 2.95. The molecule has 4 nitrogen and oxygen atoms in total. The molecule has 0 saturated carbocycles. The number of halogens is 1. The first-order chi connectivity index (χ1) is 7.56. The van der Waals surface area contributed by atoms with Crippen molar-refractivity contribution in [1.82, 2.24) is 4.98 Å². The van der Waals surface area contributed by atoms with Crippen molar-refractivity contribution in [2.45, 2.75) is 18.9 Å². The van der Waals surface area contributed by atoms with Crippen LogP contribution in [0.2, 0.25) is 5.02 Å². The summed E-state index contributed by atoms with van der Waals surface area (Å²) < 4.78 is 0. The second-order valence-electron chi connectivity index (χ2n) is 3.67. The number of pyridine rings is 1. The van der Waals surface area contributed by atoms with Crippen LogP contribution in [0.5, 0.6) is 0 Å².